The second-order valence-electron chi connectivity index (χ2n) is 4.47. The van der Waals surface area contributed by atoms with E-state index >= 15 is 0 Å². The van der Waals surface area contributed by atoms with Crippen molar-refractivity contribution in [2.45, 2.75) is 24.1 Å². The van der Waals surface area contributed by atoms with Gasteiger partial charge in [0, 0.05) is 15.6 Å². The lowest BCUT2D eigenvalue weighted by molar-refractivity contribution is 0.599. The zero-order chi connectivity index (χ0) is 12.0. The van der Waals surface area contributed by atoms with Crippen LogP contribution < -0.4 is 0 Å². The lowest BCUT2D eigenvalue weighted by Crippen LogP contribution is -2.20. The Hall–Kier alpha value is -0.120. The molecule has 88 valence electrons. The average molecular weight is 372 g/mol. The van der Waals surface area contributed by atoms with E-state index in [2.05, 4.69) is 69.1 Å². The first-order valence-electron chi connectivity index (χ1n) is 5.64. The van der Waals surface area contributed by atoms with Crippen LogP contribution in [0, 0.1) is 6.92 Å². The van der Waals surface area contributed by atoms with Crippen LogP contribution in [-0.4, -0.2) is 0 Å². The minimum absolute atomic E-state index is 0.444. The van der Waals surface area contributed by atoms with Crippen LogP contribution in [0.25, 0.3) is 0 Å². The second-order valence-corrected chi connectivity index (χ2v) is 8.10. The normalized spacial score (nSPS) is 19.6. The molecule has 0 amide bonds. The molecule has 1 aliphatic carbocycles. The number of halogens is 2. The van der Waals surface area contributed by atoms with E-state index < -0.39 is 0 Å². The van der Waals surface area contributed by atoms with Gasteiger partial charge in [-0.2, -0.15) is 0 Å². The van der Waals surface area contributed by atoms with Crippen LogP contribution in [0.4, 0.5) is 0 Å². The highest BCUT2D eigenvalue weighted by molar-refractivity contribution is 9.11. The Kier molecular flexibility index (Phi) is 3.18. The molecule has 2 atom stereocenters. The minimum Gasteiger partial charge on any atom is -0.133 e. The van der Waals surface area contributed by atoms with E-state index in [4.69, 9.17) is 0 Å². The molecular formula is C14H12Br2S. The Balaban J connectivity index is 1.91. The molecule has 0 spiro atoms. The fraction of sp³-hybridized carbons (Fsp3) is 0.286. The first kappa shape index (κ1) is 11.9. The summed E-state index contributed by atoms with van der Waals surface area (Å²) >= 11 is 9.27. The van der Waals surface area contributed by atoms with Gasteiger partial charge < -0.3 is 0 Å². The molecule has 0 N–H and O–H groups in total. The van der Waals surface area contributed by atoms with Gasteiger partial charge in [-0.15, -0.1) is 11.3 Å². The molecule has 17 heavy (non-hydrogen) atoms. The molecule has 0 nitrogen and oxygen atoms in total. The predicted octanol–water partition coefficient (Wildman–Crippen LogP) is 5.59. The summed E-state index contributed by atoms with van der Waals surface area (Å²) in [5, 5.41) is 0. The molecule has 0 radical (unpaired) electrons. The largest absolute Gasteiger partial charge is 0.133 e. The van der Waals surface area contributed by atoms with Gasteiger partial charge in [-0.25, -0.2) is 0 Å². The van der Waals surface area contributed by atoms with E-state index in [1.54, 1.807) is 0 Å². The van der Waals surface area contributed by atoms with Crippen molar-refractivity contribution >= 4 is 43.2 Å². The molecule has 0 bridgehead atoms. The Bertz CT molecular complexity index is 559. The van der Waals surface area contributed by atoms with Crippen molar-refractivity contribution in [3.8, 4) is 0 Å². The Morgan fingerprint density at radius 1 is 1.35 bits per heavy atom. The van der Waals surface area contributed by atoms with Crippen LogP contribution in [0.2, 0.25) is 0 Å². The predicted molar refractivity (Wildman–Crippen MR) is 81.3 cm³/mol. The highest BCUT2D eigenvalue weighted by Crippen LogP contribution is 2.49. The fourth-order valence-electron chi connectivity index (χ4n) is 2.51. The van der Waals surface area contributed by atoms with Crippen LogP contribution in [0.3, 0.4) is 0 Å². The number of rotatable bonds is 2. The van der Waals surface area contributed by atoms with Crippen molar-refractivity contribution in [2.75, 3.05) is 0 Å². The van der Waals surface area contributed by atoms with E-state index in [9.17, 15) is 0 Å². The summed E-state index contributed by atoms with van der Waals surface area (Å²) in [6.45, 7) is 2.20. The van der Waals surface area contributed by atoms with E-state index in [1.807, 2.05) is 11.3 Å². The lowest BCUT2D eigenvalue weighted by Gasteiger charge is -2.34. The van der Waals surface area contributed by atoms with Gasteiger partial charge in [-0.3, -0.25) is 0 Å². The van der Waals surface area contributed by atoms with Gasteiger partial charge >= 0.3 is 0 Å². The number of thiophene rings is 1. The molecule has 2 aromatic rings. The Morgan fingerprint density at radius 2 is 2.12 bits per heavy atom. The second kappa shape index (κ2) is 4.52. The Morgan fingerprint density at radius 3 is 2.76 bits per heavy atom. The molecule has 1 aliphatic rings. The van der Waals surface area contributed by atoms with Gasteiger partial charge in [0.15, 0.2) is 0 Å². The molecule has 1 aromatic carbocycles. The summed E-state index contributed by atoms with van der Waals surface area (Å²) in [5.74, 6) is 0.631. The summed E-state index contributed by atoms with van der Waals surface area (Å²) in [5.41, 5.74) is 4.45. The standard InChI is InChI=1S/C14H12Br2S/c1-8-11(7-13(15)17-8)14(16)12-6-9-4-2-3-5-10(9)12/h2-5,7,12,14H,6H2,1H3. The number of hydrogen-bond donors (Lipinski definition) is 0. The molecule has 0 fully saturated rings. The van der Waals surface area contributed by atoms with Crippen LogP contribution in [-0.2, 0) is 6.42 Å². The van der Waals surface area contributed by atoms with E-state index in [0.29, 0.717) is 10.7 Å². The van der Waals surface area contributed by atoms with Crippen LogP contribution in [0.5, 0.6) is 0 Å². The summed E-state index contributed by atoms with van der Waals surface area (Å²) in [6, 6.07) is 11.0. The molecule has 3 rings (SSSR count). The summed E-state index contributed by atoms with van der Waals surface area (Å²) < 4.78 is 1.22. The van der Waals surface area contributed by atoms with Gasteiger partial charge in [0.05, 0.1) is 3.79 Å². The smallest absolute Gasteiger partial charge is 0.0704 e. The molecule has 0 aliphatic heterocycles. The number of alkyl halides is 1. The summed E-state index contributed by atoms with van der Waals surface area (Å²) in [6.07, 6.45) is 1.19. The van der Waals surface area contributed by atoms with Gasteiger partial charge in [0.2, 0.25) is 0 Å². The topological polar surface area (TPSA) is 0 Å². The van der Waals surface area contributed by atoms with Crippen LogP contribution in [0.1, 0.15) is 32.3 Å². The zero-order valence-electron chi connectivity index (χ0n) is 9.41. The Labute approximate surface area is 122 Å². The molecule has 1 aromatic heterocycles. The third kappa shape index (κ3) is 2.02. The van der Waals surface area contributed by atoms with Crippen molar-refractivity contribution < 1.29 is 0 Å². The number of hydrogen-bond acceptors (Lipinski definition) is 1. The van der Waals surface area contributed by atoms with Crippen LogP contribution in [0.15, 0.2) is 34.1 Å². The van der Waals surface area contributed by atoms with Gasteiger partial charge in [-0.05, 0) is 52.0 Å². The number of benzene rings is 1. The lowest BCUT2D eigenvalue weighted by atomic mass is 9.74. The van der Waals surface area contributed by atoms with Crippen molar-refractivity contribution in [2.24, 2.45) is 0 Å². The SMILES string of the molecule is Cc1sc(Br)cc1C(Br)C1Cc2ccccc21. The maximum atomic E-state index is 3.88. The maximum absolute atomic E-state index is 3.88. The van der Waals surface area contributed by atoms with Crippen molar-refractivity contribution in [3.05, 3.63) is 55.7 Å². The minimum atomic E-state index is 0.444. The van der Waals surface area contributed by atoms with Gasteiger partial charge in [0.25, 0.3) is 0 Å². The molecular weight excluding hydrogens is 360 g/mol. The quantitative estimate of drug-likeness (QED) is 0.603. The van der Waals surface area contributed by atoms with Crippen molar-refractivity contribution in [3.63, 3.8) is 0 Å². The van der Waals surface area contributed by atoms with Crippen molar-refractivity contribution in [1.82, 2.24) is 0 Å². The maximum Gasteiger partial charge on any atom is 0.0704 e. The summed E-state index contributed by atoms with van der Waals surface area (Å²) in [4.78, 5) is 1.85. The van der Waals surface area contributed by atoms with E-state index in [1.165, 1.54) is 31.8 Å². The average Bonchev–Trinajstić information content (AvgIpc) is 2.59. The highest BCUT2D eigenvalue weighted by atomic mass is 79.9. The first-order chi connectivity index (χ1) is 8.16. The number of aryl methyl sites for hydroxylation is 1. The molecule has 3 heteroatoms. The summed E-state index contributed by atoms with van der Waals surface area (Å²) in [7, 11) is 0. The zero-order valence-corrected chi connectivity index (χ0v) is 13.4. The van der Waals surface area contributed by atoms with Gasteiger partial charge in [-0.1, -0.05) is 40.2 Å². The monoisotopic (exact) mass is 370 g/mol. The third-order valence-corrected chi connectivity index (χ3v) is 6.17. The molecule has 2 unspecified atom stereocenters. The molecule has 1 heterocycles. The fourth-order valence-corrected chi connectivity index (χ4v) is 5.36. The molecule has 0 saturated carbocycles. The van der Waals surface area contributed by atoms with Crippen LogP contribution >= 0.6 is 43.2 Å². The highest BCUT2D eigenvalue weighted by Gasteiger charge is 2.33. The first-order valence-corrected chi connectivity index (χ1v) is 8.17. The van der Waals surface area contributed by atoms with Crippen molar-refractivity contribution in [1.29, 1.82) is 0 Å². The number of fused-ring (bicyclic) bond motifs is 1. The van der Waals surface area contributed by atoms with Gasteiger partial charge in [0.1, 0.15) is 0 Å². The third-order valence-electron chi connectivity index (χ3n) is 3.47. The molecule has 0 saturated heterocycles. The van der Waals surface area contributed by atoms with E-state index in [-0.39, 0.29) is 0 Å². The van der Waals surface area contributed by atoms with E-state index in [0.717, 1.165) is 0 Å².